The van der Waals surface area contributed by atoms with Gasteiger partial charge < -0.3 is 10.2 Å². The first kappa shape index (κ1) is 16.4. The van der Waals surface area contributed by atoms with Gasteiger partial charge in [0.2, 0.25) is 0 Å². The largest absolute Gasteiger partial charge is 0.382 e. The van der Waals surface area contributed by atoms with Crippen molar-refractivity contribution in [2.24, 2.45) is 5.92 Å². The molecule has 1 unspecified atom stereocenters. The lowest BCUT2D eigenvalue weighted by atomic mass is 9.90. The van der Waals surface area contributed by atoms with Crippen LogP contribution in [0.3, 0.4) is 0 Å². The molecule has 118 valence electrons. The van der Waals surface area contributed by atoms with Crippen LogP contribution in [0.4, 0.5) is 5.69 Å². The first-order chi connectivity index (χ1) is 10.1. The summed E-state index contributed by atoms with van der Waals surface area (Å²) in [5.41, 5.74) is 2.68. The molecule has 1 atom stereocenters. The van der Waals surface area contributed by atoms with Crippen molar-refractivity contribution in [3.8, 4) is 0 Å². The average Bonchev–Trinajstić information content (AvgIpc) is 2.49. The average molecular weight is 288 g/mol. The molecule has 1 aliphatic rings. The van der Waals surface area contributed by atoms with Gasteiger partial charge in [-0.3, -0.25) is 0 Å². The maximum atomic E-state index is 3.71. The molecule has 0 aromatic heterocycles. The van der Waals surface area contributed by atoms with Crippen LogP contribution < -0.4 is 5.32 Å². The van der Waals surface area contributed by atoms with Crippen molar-refractivity contribution in [2.75, 3.05) is 25.0 Å². The second kappa shape index (κ2) is 7.84. The smallest absolute Gasteiger partial charge is 0.0342 e. The molecule has 1 fully saturated rings. The first-order valence-electron chi connectivity index (χ1n) is 8.69. The van der Waals surface area contributed by atoms with Crippen LogP contribution in [0.15, 0.2) is 24.3 Å². The van der Waals surface area contributed by atoms with Gasteiger partial charge >= 0.3 is 0 Å². The van der Waals surface area contributed by atoms with Gasteiger partial charge in [-0.05, 0) is 75.4 Å². The summed E-state index contributed by atoms with van der Waals surface area (Å²) in [6.45, 7) is 12.9. The number of benzene rings is 1. The van der Waals surface area contributed by atoms with Crippen molar-refractivity contribution in [1.29, 1.82) is 0 Å². The maximum absolute atomic E-state index is 3.71. The van der Waals surface area contributed by atoms with E-state index in [9.17, 15) is 0 Å². The van der Waals surface area contributed by atoms with Gasteiger partial charge in [-0.25, -0.2) is 0 Å². The predicted octanol–water partition coefficient (Wildman–Crippen LogP) is 4.73. The van der Waals surface area contributed by atoms with Crippen molar-refractivity contribution < 1.29 is 0 Å². The summed E-state index contributed by atoms with van der Waals surface area (Å²) in [7, 11) is 0. The summed E-state index contributed by atoms with van der Waals surface area (Å²) < 4.78 is 0. The van der Waals surface area contributed by atoms with Crippen molar-refractivity contribution in [2.45, 2.75) is 58.9 Å². The van der Waals surface area contributed by atoms with Crippen molar-refractivity contribution in [1.82, 2.24) is 4.90 Å². The number of likely N-dealkylation sites (tertiary alicyclic amines) is 1. The normalized spacial score (nSPS) is 18.9. The summed E-state index contributed by atoms with van der Waals surface area (Å²) in [6.07, 6.45) is 3.94. The van der Waals surface area contributed by atoms with Crippen LogP contribution >= 0.6 is 0 Å². The van der Waals surface area contributed by atoms with Gasteiger partial charge in [-0.2, -0.15) is 0 Å². The molecule has 0 amide bonds. The quantitative estimate of drug-likeness (QED) is 0.814. The molecule has 1 aromatic carbocycles. The Hall–Kier alpha value is -1.02. The van der Waals surface area contributed by atoms with Gasteiger partial charge in [0.1, 0.15) is 0 Å². The summed E-state index contributed by atoms with van der Waals surface area (Å²) in [6, 6.07) is 9.54. The van der Waals surface area contributed by atoms with Crippen LogP contribution in [-0.4, -0.2) is 30.6 Å². The SMILES string of the molecule is CCCN1CCC(C(C)Nc2ccc(C(C)C)cc2)CC1. The maximum Gasteiger partial charge on any atom is 0.0342 e. The second-order valence-corrected chi connectivity index (χ2v) is 6.89. The third-order valence-corrected chi connectivity index (χ3v) is 4.85. The summed E-state index contributed by atoms with van der Waals surface area (Å²) in [4.78, 5) is 2.61. The Morgan fingerprint density at radius 3 is 2.24 bits per heavy atom. The molecule has 1 N–H and O–H groups in total. The van der Waals surface area contributed by atoms with E-state index in [1.54, 1.807) is 0 Å². The Morgan fingerprint density at radius 1 is 1.10 bits per heavy atom. The molecule has 1 aromatic rings. The molecule has 1 saturated heterocycles. The van der Waals surface area contributed by atoms with E-state index in [0.717, 1.165) is 5.92 Å². The minimum atomic E-state index is 0.568. The molecule has 0 spiro atoms. The molecule has 0 saturated carbocycles. The third-order valence-electron chi connectivity index (χ3n) is 4.85. The standard InChI is InChI=1S/C19H32N2/c1-5-12-21-13-10-18(11-14-21)16(4)20-19-8-6-17(7-9-19)15(2)3/h6-9,15-16,18,20H,5,10-14H2,1-4H3. The van der Waals surface area contributed by atoms with Crippen molar-refractivity contribution in [3.05, 3.63) is 29.8 Å². The molecule has 0 radical (unpaired) electrons. The summed E-state index contributed by atoms with van der Waals surface area (Å²) in [5, 5.41) is 3.71. The lowest BCUT2D eigenvalue weighted by Gasteiger charge is -2.35. The first-order valence-corrected chi connectivity index (χ1v) is 8.69. The fourth-order valence-electron chi connectivity index (χ4n) is 3.34. The van der Waals surface area contributed by atoms with Crippen LogP contribution in [0.5, 0.6) is 0 Å². The molecule has 2 heteroatoms. The molecule has 0 bridgehead atoms. The lowest BCUT2D eigenvalue weighted by molar-refractivity contribution is 0.176. The lowest BCUT2D eigenvalue weighted by Crippen LogP contribution is -2.39. The topological polar surface area (TPSA) is 15.3 Å². The molecule has 2 nitrogen and oxygen atoms in total. The number of piperidine rings is 1. The number of anilines is 1. The van der Waals surface area contributed by atoms with E-state index >= 15 is 0 Å². The molecule has 1 heterocycles. The highest BCUT2D eigenvalue weighted by Crippen LogP contribution is 2.24. The van der Waals surface area contributed by atoms with Crippen molar-refractivity contribution in [3.63, 3.8) is 0 Å². The zero-order chi connectivity index (χ0) is 15.2. The second-order valence-electron chi connectivity index (χ2n) is 6.89. The number of rotatable bonds is 6. The molecule has 21 heavy (non-hydrogen) atoms. The van der Waals surface area contributed by atoms with Gasteiger partial charge in [-0.15, -0.1) is 0 Å². The van der Waals surface area contributed by atoms with E-state index in [0.29, 0.717) is 12.0 Å². The van der Waals surface area contributed by atoms with E-state index in [2.05, 4.69) is 62.2 Å². The van der Waals surface area contributed by atoms with Crippen molar-refractivity contribution >= 4 is 5.69 Å². The molecular formula is C19H32N2. The number of hydrogen-bond donors (Lipinski definition) is 1. The van der Waals surface area contributed by atoms with Crippen LogP contribution in [0.2, 0.25) is 0 Å². The van der Waals surface area contributed by atoms with Crippen LogP contribution in [-0.2, 0) is 0 Å². The molecule has 0 aliphatic carbocycles. The fourth-order valence-corrected chi connectivity index (χ4v) is 3.34. The van der Waals surface area contributed by atoms with E-state index in [4.69, 9.17) is 0 Å². The highest BCUT2D eigenvalue weighted by molar-refractivity contribution is 5.46. The zero-order valence-electron chi connectivity index (χ0n) is 14.2. The van der Waals surface area contributed by atoms with Gasteiger partial charge in [0.05, 0.1) is 0 Å². The Bertz CT molecular complexity index is 402. The predicted molar refractivity (Wildman–Crippen MR) is 93.1 cm³/mol. The van der Waals surface area contributed by atoms with Gasteiger partial charge in [0.15, 0.2) is 0 Å². The molecular weight excluding hydrogens is 256 g/mol. The minimum Gasteiger partial charge on any atom is -0.382 e. The summed E-state index contributed by atoms with van der Waals surface area (Å²) >= 11 is 0. The van der Waals surface area contributed by atoms with E-state index < -0.39 is 0 Å². The van der Waals surface area contributed by atoms with Crippen LogP contribution in [0.25, 0.3) is 0 Å². The van der Waals surface area contributed by atoms with Crippen LogP contribution in [0, 0.1) is 5.92 Å². The van der Waals surface area contributed by atoms with Gasteiger partial charge in [-0.1, -0.05) is 32.9 Å². The van der Waals surface area contributed by atoms with E-state index in [1.165, 1.54) is 50.1 Å². The third kappa shape index (κ3) is 4.74. The Kier molecular flexibility index (Phi) is 6.10. The zero-order valence-corrected chi connectivity index (χ0v) is 14.2. The molecule has 2 rings (SSSR count). The number of nitrogens with one attached hydrogen (secondary N) is 1. The minimum absolute atomic E-state index is 0.568. The van der Waals surface area contributed by atoms with Gasteiger partial charge in [0, 0.05) is 11.7 Å². The summed E-state index contributed by atoms with van der Waals surface area (Å²) in [5.74, 6) is 1.42. The Balaban J connectivity index is 1.83. The fraction of sp³-hybridized carbons (Fsp3) is 0.684. The van der Waals surface area contributed by atoms with E-state index in [1.807, 2.05) is 0 Å². The number of hydrogen-bond acceptors (Lipinski definition) is 2. The van der Waals surface area contributed by atoms with E-state index in [-0.39, 0.29) is 0 Å². The highest BCUT2D eigenvalue weighted by Gasteiger charge is 2.23. The van der Waals surface area contributed by atoms with Crippen LogP contribution in [0.1, 0.15) is 58.4 Å². The van der Waals surface area contributed by atoms with Gasteiger partial charge in [0.25, 0.3) is 0 Å². The number of nitrogens with zero attached hydrogens (tertiary/aromatic N) is 1. The Morgan fingerprint density at radius 2 is 1.71 bits per heavy atom. The molecule has 1 aliphatic heterocycles. The highest BCUT2D eigenvalue weighted by atomic mass is 15.1. The Labute approximate surface area is 130 Å². The monoisotopic (exact) mass is 288 g/mol.